The van der Waals surface area contributed by atoms with Gasteiger partial charge in [-0.1, -0.05) is 29.8 Å². The largest absolute Gasteiger partial charge is 0.126 e. The van der Waals surface area contributed by atoms with E-state index in [-0.39, 0.29) is 0 Å². The van der Waals surface area contributed by atoms with Crippen LogP contribution in [0.2, 0.25) is 0 Å². The summed E-state index contributed by atoms with van der Waals surface area (Å²) in [6, 6.07) is 8.82. The Morgan fingerprint density at radius 3 is 2.50 bits per heavy atom. The lowest BCUT2D eigenvalue weighted by Crippen LogP contribution is -1.84. The molecule has 0 heterocycles. The van der Waals surface area contributed by atoms with E-state index in [1.165, 1.54) is 17.5 Å². The summed E-state index contributed by atoms with van der Waals surface area (Å²) >= 11 is 5.77. The van der Waals surface area contributed by atoms with Crippen LogP contribution in [0.1, 0.15) is 23.5 Å². The van der Waals surface area contributed by atoms with E-state index in [1.807, 2.05) is 0 Å². The molecule has 2 unspecified atom stereocenters. The summed E-state index contributed by atoms with van der Waals surface area (Å²) in [5.74, 6) is 2.32. The minimum absolute atomic E-state index is 0.745. The van der Waals surface area contributed by atoms with Gasteiger partial charge < -0.3 is 0 Å². The zero-order chi connectivity index (χ0) is 8.55. The van der Waals surface area contributed by atoms with Crippen LogP contribution in [-0.4, -0.2) is 5.88 Å². The van der Waals surface area contributed by atoms with Crippen LogP contribution in [0.5, 0.6) is 0 Å². The Labute approximate surface area is 78.6 Å². The quantitative estimate of drug-likeness (QED) is 0.613. The SMILES string of the molecule is Cc1ccc(C2CC2CCl)cc1. The van der Waals surface area contributed by atoms with Gasteiger partial charge >= 0.3 is 0 Å². The summed E-state index contributed by atoms with van der Waals surface area (Å²) in [6.07, 6.45) is 1.28. The van der Waals surface area contributed by atoms with Gasteiger partial charge in [0.15, 0.2) is 0 Å². The average Bonchev–Trinajstić information content (AvgIpc) is 2.85. The van der Waals surface area contributed by atoms with Gasteiger partial charge in [0.1, 0.15) is 0 Å². The zero-order valence-electron chi connectivity index (χ0n) is 7.26. The van der Waals surface area contributed by atoms with Crippen molar-refractivity contribution in [2.75, 3.05) is 5.88 Å². The second-order valence-electron chi connectivity index (χ2n) is 3.67. The summed E-state index contributed by atoms with van der Waals surface area (Å²) in [5, 5.41) is 0. The second kappa shape index (κ2) is 3.10. The van der Waals surface area contributed by atoms with Gasteiger partial charge in [-0.25, -0.2) is 0 Å². The first-order valence-electron chi connectivity index (χ1n) is 4.44. The summed E-state index contributed by atoms with van der Waals surface area (Å²) < 4.78 is 0. The first-order chi connectivity index (χ1) is 5.81. The molecular formula is C11H13Cl. The maximum atomic E-state index is 5.77. The molecule has 12 heavy (non-hydrogen) atoms. The minimum atomic E-state index is 0.745. The molecule has 0 spiro atoms. The van der Waals surface area contributed by atoms with E-state index in [9.17, 15) is 0 Å². The fourth-order valence-electron chi connectivity index (χ4n) is 1.64. The van der Waals surface area contributed by atoms with Crippen LogP contribution in [0.25, 0.3) is 0 Å². The Morgan fingerprint density at radius 1 is 1.33 bits per heavy atom. The Morgan fingerprint density at radius 2 is 2.00 bits per heavy atom. The van der Waals surface area contributed by atoms with Crippen molar-refractivity contribution in [1.29, 1.82) is 0 Å². The lowest BCUT2D eigenvalue weighted by atomic mass is 10.1. The fraction of sp³-hybridized carbons (Fsp3) is 0.455. The smallest absolute Gasteiger partial charge is 0.0257 e. The van der Waals surface area contributed by atoms with Gasteiger partial charge in [-0.2, -0.15) is 0 Å². The molecule has 0 radical (unpaired) electrons. The molecule has 0 N–H and O–H groups in total. The second-order valence-corrected chi connectivity index (χ2v) is 3.98. The van der Waals surface area contributed by atoms with E-state index in [0.717, 1.165) is 17.7 Å². The Balaban J connectivity index is 2.10. The molecule has 1 aliphatic carbocycles. The molecule has 1 fully saturated rings. The van der Waals surface area contributed by atoms with Gasteiger partial charge in [-0.15, -0.1) is 11.6 Å². The third-order valence-corrected chi connectivity index (χ3v) is 3.02. The van der Waals surface area contributed by atoms with E-state index in [1.54, 1.807) is 0 Å². The summed E-state index contributed by atoms with van der Waals surface area (Å²) in [5.41, 5.74) is 2.80. The lowest BCUT2D eigenvalue weighted by molar-refractivity contribution is 0.923. The fourth-order valence-corrected chi connectivity index (χ4v) is 1.98. The number of hydrogen-bond acceptors (Lipinski definition) is 0. The first kappa shape index (κ1) is 8.12. The van der Waals surface area contributed by atoms with Crippen LogP contribution >= 0.6 is 11.6 Å². The number of benzene rings is 1. The molecule has 1 aliphatic rings. The molecule has 1 heteroatoms. The summed E-state index contributed by atoms with van der Waals surface area (Å²) in [6.45, 7) is 2.12. The topological polar surface area (TPSA) is 0 Å². The molecule has 2 atom stereocenters. The number of halogens is 1. The van der Waals surface area contributed by atoms with Gasteiger partial charge in [0, 0.05) is 5.88 Å². The third kappa shape index (κ3) is 1.49. The van der Waals surface area contributed by atoms with E-state index in [2.05, 4.69) is 31.2 Å². The van der Waals surface area contributed by atoms with Gasteiger partial charge in [-0.3, -0.25) is 0 Å². The maximum Gasteiger partial charge on any atom is 0.0257 e. The molecule has 1 saturated carbocycles. The molecule has 0 saturated heterocycles. The molecule has 0 aromatic heterocycles. The normalized spacial score (nSPS) is 27.2. The van der Waals surface area contributed by atoms with Crippen molar-refractivity contribution in [1.82, 2.24) is 0 Å². The highest BCUT2D eigenvalue weighted by Crippen LogP contribution is 2.47. The van der Waals surface area contributed by atoms with Crippen LogP contribution in [0.4, 0.5) is 0 Å². The molecule has 0 nitrogen and oxygen atoms in total. The number of alkyl halides is 1. The third-order valence-electron chi connectivity index (χ3n) is 2.63. The van der Waals surface area contributed by atoms with Crippen molar-refractivity contribution in [2.45, 2.75) is 19.3 Å². The maximum absolute atomic E-state index is 5.77. The highest BCUT2D eigenvalue weighted by atomic mass is 35.5. The van der Waals surface area contributed by atoms with Crippen molar-refractivity contribution in [3.63, 3.8) is 0 Å². The van der Waals surface area contributed by atoms with Crippen molar-refractivity contribution in [2.24, 2.45) is 5.92 Å². The highest BCUT2D eigenvalue weighted by Gasteiger charge is 2.36. The monoisotopic (exact) mass is 180 g/mol. The Hall–Kier alpha value is -0.490. The minimum Gasteiger partial charge on any atom is -0.126 e. The van der Waals surface area contributed by atoms with E-state index >= 15 is 0 Å². The summed E-state index contributed by atoms with van der Waals surface area (Å²) in [4.78, 5) is 0. The van der Waals surface area contributed by atoms with Crippen molar-refractivity contribution >= 4 is 11.6 Å². The van der Waals surface area contributed by atoms with Crippen molar-refractivity contribution in [3.8, 4) is 0 Å². The van der Waals surface area contributed by atoms with Crippen molar-refractivity contribution < 1.29 is 0 Å². The molecule has 0 bridgehead atoms. The molecule has 1 aromatic rings. The molecule has 64 valence electrons. The summed E-state index contributed by atoms with van der Waals surface area (Å²) in [7, 11) is 0. The first-order valence-corrected chi connectivity index (χ1v) is 4.97. The van der Waals surface area contributed by atoms with Crippen LogP contribution in [0.15, 0.2) is 24.3 Å². The van der Waals surface area contributed by atoms with Gasteiger partial charge in [-0.05, 0) is 30.7 Å². The highest BCUT2D eigenvalue weighted by molar-refractivity contribution is 6.18. The molecule has 0 aliphatic heterocycles. The molecule has 2 rings (SSSR count). The average molecular weight is 181 g/mol. The van der Waals surface area contributed by atoms with Gasteiger partial charge in [0.25, 0.3) is 0 Å². The molecule has 0 amide bonds. The predicted molar refractivity (Wildman–Crippen MR) is 52.7 cm³/mol. The number of hydrogen-bond donors (Lipinski definition) is 0. The van der Waals surface area contributed by atoms with Crippen LogP contribution in [0.3, 0.4) is 0 Å². The molecular weight excluding hydrogens is 168 g/mol. The van der Waals surface area contributed by atoms with Crippen LogP contribution in [0, 0.1) is 12.8 Å². The van der Waals surface area contributed by atoms with E-state index in [0.29, 0.717) is 0 Å². The Kier molecular flexibility index (Phi) is 2.10. The standard InChI is InChI=1S/C11H13Cl/c1-8-2-4-9(5-3-8)11-6-10(11)7-12/h2-5,10-11H,6-7H2,1H3. The number of aryl methyl sites for hydroxylation is 1. The van der Waals surface area contributed by atoms with Crippen LogP contribution < -0.4 is 0 Å². The van der Waals surface area contributed by atoms with Crippen LogP contribution in [-0.2, 0) is 0 Å². The lowest BCUT2D eigenvalue weighted by Gasteiger charge is -1.98. The zero-order valence-corrected chi connectivity index (χ0v) is 8.01. The Bertz CT molecular complexity index is 263. The number of rotatable bonds is 2. The molecule has 1 aromatic carbocycles. The predicted octanol–water partition coefficient (Wildman–Crippen LogP) is 3.34. The van der Waals surface area contributed by atoms with Crippen molar-refractivity contribution in [3.05, 3.63) is 35.4 Å². The van der Waals surface area contributed by atoms with E-state index < -0.39 is 0 Å². The van der Waals surface area contributed by atoms with Gasteiger partial charge in [0.05, 0.1) is 0 Å². The van der Waals surface area contributed by atoms with Gasteiger partial charge in [0.2, 0.25) is 0 Å². The van der Waals surface area contributed by atoms with E-state index in [4.69, 9.17) is 11.6 Å².